The molecule has 1 aromatic heterocycles. The first kappa shape index (κ1) is 19.8. The number of thiophene rings is 1. The summed E-state index contributed by atoms with van der Waals surface area (Å²) < 4.78 is 5.64. The third kappa shape index (κ3) is 4.48. The van der Waals surface area contributed by atoms with Crippen molar-refractivity contribution in [3.8, 4) is 5.75 Å². The smallest absolute Gasteiger partial charge is 0.324 e. The third-order valence-electron chi connectivity index (χ3n) is 4.58. The molecule has 3 rings (SSSR count). The van der Waals surface area contributed by atoms with Crippen LogP contribution in [0, 0.1) is 24.0 Å². The minimum Gasteiger partial charge on any atom is -0.484 e. The van der Waals surface area contributed by atoms with E-state index < -0.39 is 4.92 Å². The number of rotatable bonds is 5. The lowest BCUT2D eigenvalue weighted by Crippen LogP contribution is -2.51. The Bertz CT molecular complexity index is 903. The van der Waals surface area contributed by atoms with Crippen LogP contribution in [0.3, 0.4) is 0 Å². The molecule has 1 saturated heterocycles. The Balaban J connectivity index is 1.50. The van der Waals surface area contributed by atoms with Crippen molar-refractivity contribution >= 4 is 28.2 Å². The quantitative estimate of drug-likeness (QED) is 0.565. The molecule has 0 spiro atoms. The SMILES string of the molecule is Cc1ccc(OCC(=O)N2CCN(C(=O)c3ccc([N+](=O)[O-])s3)CC2)c(C)c1. The average molecular weight is 403 g/mol. The van der Waals surface area contributed by atoms with Crippen LogP contribution in [0.4, 0.5) is 5.00 Å². The van der Waals surface area contributed by atoms with Gasteiger partial charge in [0.05, 0.1) is 9.80 Å². The van der Waals surface area contributed by atoms with E-state index in [-0.39, 0.29) is 23.4 Å². The van der Waals surface area contributed by atoms with Gasteiger partial charge in [0.2, 0.25) is 0 Å². The molecule has 8 nitrogen and oxygen atoms in total. The summed E-state index contributed by atoms with van der Waals surface area (Å²) in [7, 11) is 0. The summed E-state index contributed by atoms with van der Waals surface area (Å²) in [5, 5.41) is 10.7. The highest BCUT2D eigenvalue weighted by Gasteiger charge is 2.27. The molecule has 0 aliphatic carbocycles. The molecule has 0 saturated carbocycles. The van der Waals surface area contributed by atoms with Crippen LogP contribution >= 0.6 is 11.3 Å². The molecular formula is C19H21N3O5S. The maximum absolute atomic E-state index is 12.5. The van der Waals surface area contributed by atoms with Crippen LogP contribution < -0.4 is 4.74 Å². The van der Waals surface area contributed by atoms with E-state index in [0.717, 1.165) is 22.5 Å². The van der Waals surface area contributed by atoms with Crippen LogP contribution in [0.2, 0.25) is 0 Å². The molecule has 28 heavy (non-hydrogen) atoms. The van der Waals surface area contributed by atoms with Gasteiger partial charge in [0.15, 0.2) is 6.61 Å². The van der Waals surface area contributed by atoms with Gasteiger partial charge in [-0.15, -0.1) is 0 Å². The second-order valence-electron chi connectivity index (χ2n) is 6.63. The second-order valence-corrected chi connectivity index (χ2v) is 7.69. The first-order chi connectivity index (χ1) is 13.3. The van der Waals surface area contributed by atoms with E-state index in [2.05, 4.69) is 0 Å². The van der Waals surface area contributed by atoms with Crippen LogP contribution in [0.25, 0.3) is 0 Å². The molecule has 1 aliphatic heterocycles. The van der Waals surface area contributed by atoms with Gasteiger partial charge in [-0.2, -0.15) is 0 Å². The van der Waals surface area contributed by atoms with Crippen molar-refractivity contribution in [3.63, 3.8) is 0 Å². The van der Waals surface area contributed by atoms with Crippen LogP contribution in [-0.2, 0) is 4.79 Å². The van der Waals surface area contributed by atoms with Crippen molar-refractivity contribution in [1.29, 1.82) is 0 Å². The molecule has 0 N–H and O–H groups in total. The van der Waals surface area contributed by atoms with Crippen LogP contribution in [0.15, 0.2) is 30.3 Å². The maximum Gasteiger partial charge on any atom is 0.324 e. The van der Waals surface area contributed by atoms with Gasteiger partial charge in [0.1, 0.15) is 5.75 Å². The van der Waals surface area contributed by atoms with Crippen molar-refractivity contribution in [2.24, 2.45) is 0 Å². The molecule has 148 valence electrons. The Labute approximate surface area is 166 Å². The number of benzene rings is 1. The number of carbonyl (C=O) groups excluding carboxylic acids is 2. The molecule has 0 bridgehead atoms. The van der Waals surface area contributed by atoms with E-state index in [1.54, 1.807) is 9.80 Å². The maximum atomic E-state index is 12.5. The van der Waals surface area contributed by atoms with E-state index in [9.17, 15) is 19.7 Å². The largest absolute Gasteiger partial charge is 0.484 e. The van der Waals surface area contributed by atoms with Gasteiger partial charge in [-0.25, -0.2) is 0 Å². The van der Waals surface area contributed by atoms with Gasteiger partial charge in [0, 0.05) is 32.2 Å². The molecule has 2 amide bonds. The Kier molecular flexibility index (Phi) is 5.93. The summed E-state index contributed by atoms with van der Waals surface area (Å²) in [6, 6.07) is 8.60. The molecule has 2 heterocycles. The van der Waals surface area contributed by atoms with Gasteiger partial charge < -0.3 is 14.5 Å². The Morgan fingerprint density at radius 3 is 2.39 bits per heavy atom. The number of nitrogens with zero attached hydrogens (tertiary/aromatic N) is 3. The highest BCUT2D eigenvalue weighted by atomic mass is 32.1. The zero-order chi connectivity index (χ0) is 20.3. The van der Waals surface area contributed by atoms with Crippen molar-refractivity contribution in [2.75, 3.05) is 32.8 Å². The van der Waals surface area contributed by atoms with Gasteiger partial charge in [-0.1, -0.05) is 29.0 Å². The molecule has 0 unspecified atom stereocenters. The molecule has 1 aliphatic rings. The number of hydrogen-bond acceptors (Lipinski definition) is 6. The van der Waals surface area contributed by atoms with Crippen molar-refractivity contribution < 1.29 is 19.2 Å². The summed E-state index contributed by atoms with van der Waals surface area (Å²) >= 11 is 0.867. The van der Waals surface area contributed by atoms with E-state index in [0.29, 0.717) is 36.8 Å². The van der Waals surface area contributed by atoms with Crippen LogP contribution in [0.5, 0.6) is 5.75 Å². The van der Waals surface area contributed by atoms with Crippen LogP contribution in [0.1, 0.15) is 20.8 Å². The molecule has 0 atom stereocenters. The standard InChI is InChI=1S/C19H21N3O5S/c1-13-3-4-15(14(2)11-13)27-12-17(23)20-7-9-21(10-8-20)19(24)16-5-6-18(28-16)22(25)26/h3-6,11H,7-10,12H2,1-2H3. The van der Waals surface area contributed by atoms with Crippen molar-refractivity contribution in [2.45, 2.75) is 13.8 Å². The lowest BCUT2D eigenvalue weighted by molar-refractivity contribution is -0.380. The number of amides is 2. The number of aryl methyl sites for hydroxylation is 2. The summed E-state index contributed by atoms with van der Waals surface area (Å²) in [4.78, 5) is 38.8. The Hall–Kier alpha value is -2.94. The second kappa shape index (κ2) is 8.39. The van der Waals surface area contributed by atoms with Gasteiger partial charge in [-0.05, 0) is 31.5 Å². The molecule has 0 radical (unpaired) electrons. The third-order valence-corrected chi connectivity index (χ3v) is 5.61. The number of piperazine rings is 1. The lowest BCUT2D eigenvalue weighted by atomic mass is 10.1. The summed E-state index contributed by atoms with van der Waals surface area (Å²) in [5.74, 6) is 0.322. The van der Waals surface area contributed by atoms with Gasteiger partial charge in [0.25, 0.3) is 11.8 Å². The van der Waals surface area contributed by atoms with Gasteiger partial charge >= 0.3 is 5.00 Å². The van der Waals surface area contributed by atoms with Gasteiger partial charge in [-0.3, -0.25) is 19.7 Å². The fraction of sp³-hybridized carbons (Fsp3) is 0.368. The summed E-state index contributed by atoms with van der Waals surface area (Å²) in [6.45, 7) is 5.49. The number of hydrogen-bond donors (Lipinski definition) is 0. The van der Waals surface area contributed by atoms with E-state index in [1.165, 1.54) is 12.1 Å². The van der Waals surface area contributed by atoms with E-state index in [1.807, 2.05) is 32.0 Å². The predicted octanol–water partition coefficient (Wildman–Crippen LogP) is 2.64. The normalized spacial score (nSPS) is 14.1. The Morgan fingerprint density at radius 2 is 1.79 bits per heavy atom. The predicted molar refractivity (Wildman–Crippen MR) is 105 cm³/mol. The summed E-state index contributed by atoms with van der Waals surface area (Å²) in [5.41, 5.74) is 2.11. The Morgan fingerprint density at radius 1 is 1.11 bits per heavy atom. The number of nitro groups is 1. The fourth-order valence-electron chi connectivity index (χ4n) is 3.05. The minimum atomic E-state index is -0.506. The molecule has 2 aromatic rings. The first-order valence-corrected chi connectivity index (χ1v) is 9.68. The number of carbonyl (C=O) groups is 2. The fourth-order valence-corrected chi connectivity index (χ4v) is 3.84. The first-order valence-electron chi connectivity index (χ1n) is 8.86. The molecule has 9 heteroatoms. The monoisotopic (exact) mass is 403 g/mol. The topological polar surface area (TPSA) is 93.0 Å². The molecule has 1 aromatic carbocycles. The van der Waals surface area contributed by atoms with E-state index in [4.69, 9.17) is 4.74 Å². The molecular weight excluding hydrogens is 382 g/mol. The lowest BCUT2D eigenvalue weighted by Gasteiger charge is -2.34. The minimum absolute atomic E-state index is 0.0467. The van der Waals surface area contributed by atoms with Crippen molar-refractivity contribution in [1.82, 2.24) is 9.80 Å². The zero-order valence-corrected chi connectivity index (χ0v) is 16.5. The van der Waals surface area contributed by atoms with Crippen molar-refractivity contribution in [3.05, 3.63) is 56.5 Å². The van der Waals surface area contributed by atoms with E-state index >= 15 is 0 Å². The molecule has 1 fully saturated rings. The highest BCUT2D eigenvalue weighted by Crippen LogP contribution is 2.25. The summed E-state index contributed by atoms with van der Waals surface area (Å²) in [6.07, 6.45) is 0. The highest BCUT2D eigenvalue weighted by molar-refractivity contribution is 7.17. The zero-order valence-electron chi connectivity index (χ0n) is 15.7. The number of ether oxygens (including phenoxy) is 1. The average Bonchev–Trinajstić information content (AvgIpc) is 3.17. The van der Waals surface area contributed by atoms with Crippen LogP contribution in [-0.4, -0.2) is 59.3 Å².